The number of hydrogen-bond donors (Lipinski definition) is 2. The average Bonchev–Trinajstić information content (AvgIpc) is 2.77. The van der Waals surface area contributed by atoms with Gasteiger partial charge in [0.25, 0.3) is 10.2 Å². The molecular weight excluding hydrogens is 226 g/mol. The summed E-state index contributed by atoms with van der Waals surface area (Å²) in [4.78, 5) is 0. The predicted molar refractivity (Wildman–Crippen MR) is 65.3 cm³/mol. The van der Waals surface area contributed by atoms with Crippen LogP contribution in [0.5, 0.6) is 0 Å². The van der Waals surface area contributed by atoms with Crippen molar-refractivity contribution in [1.82, 2.24) is 9.03 Å². The summed E-state index contributed by atoms with van der Waals surface area (Å²) in [6.45, 7) is 2.61. The monoisotopic (exact) mass is 249 g/mol. The summed E-state index contributed by atoms with van der Waals surface area (Å²) in [5.74, 6) is 0. The Bertz CT molecular complexity index is 274. The minimum atomic E-state index is -3.19. The van der Waals surface area contributed by atoms with Crippen molar-refractivity contribution >= 4 is 10.2 Å². The molecule has 16 heavy (non-hydrogen) atoms. The lowest BCUT2D eigenvalue weighted by molar-refractivity contribution is 0.463. The Morgan fingerprint density at radius 3 is 2.31 bits per heavy atom. The number of hydrogen-bond acceptors (Lipinski definition) is 3. The van der Waals surface area contributed by atoms with Crippen molar-refractivity contribution in [1.29, 1.82) is 0 Å². The van der Waals surface area contributed by atoms with Crippen molar-refractivity contribution in [3.63, 3.8) is 0 Å². The van der Waals surface area contributed by atoms with Crippen LogP contribution in [-0.4, -0.2) is 38.9 Å². The lowest BCUT2D eigenvalue weighted by atomic mass is 10.2. The zero-order valence-electron chi connectivity index (χ0n) is 9.82. The third kappa shape index (κ3) is 4.78. The lowest BCUT2D eigenvalue weighted by Crippen LogP contribution is -2.39. The van der Waals surface area contributed by atoms with Crippen molar-refractivity contribution in [3.8, 4) is 0 Å². The van der Waals surface area contributed by atoms with Gasteiger partial charge in [0.05, 0.1) is 0 Å². The van der Waals surface area contributed by atoms with E-state index in [2.05, 4.69) is 4.72 Å². The van der Waals surface area contributed by atoms with Gasteiger partial charge < -0.3 is 5.73 Å². The molecule has 1 saturated heterocycles. The van der Waals surface area contributed by atoms with Gasteiger partial charge in [0.15, 0.2) is 0 Å². The summed E-state index contributed by atoms with van der Waals surface area (Å²) in [6, 6.07) is 0. The molecule has 0 saturated carbocycles. The van der Waals surface area contributed by atoms with Crippen molar-refractivity contribution in [2.24, 2.45) is 5.73 Å². The highest BCUT2D eigenvalue weighted by Crippen LogP contribution is 2.11. The first-order valence-corrected chi connectivity index (χ1v) is 7.55. The largest absolute Gasteiger partial charge is 0.330 e. The summed E-state index contributed by atoms with van der Waals surface area (Å²) in [5, 5.41) is 0. The van der Waals surface area contributed by atoms with E-state index in [1.807, 2.05) is 0 Å². The molecule has 0 aliphatic carbocycles. The Kier molecular flexibility index (Phi) is 6.26. The van der Waals surface area contributed by atoms with Crippen LogP contribution in [0.3, 0.4) is 0 Å². The van der Waals surface area contributed by atoms with Crippen LogP contribution in [-0.2, 0) is 10.2 Å². The van der Waals surface area contributed by atoms with Crippen LogP contribution < -0.4 is 10.5 Å². The second-order valence-electron chi connectivity index (χ2n) is 4.21. The van der Waals surface area contributed by atoms with Crippen molar-refractivity contribution in [2.45, 2.75) is 38.5 Å². The first kappa shape index (κ1) is 13.9. The van der Waals surface area contributed by atoms with E-state index in [4.69, 9.17) is 5.73 Å². The van der Waals surface area contributed by atoms with Crippen molar-refractivity contribution < 1.29 is 8.42 Å². The molecule has 0 spiro atoms. The van der Waals surface area contributed by atoms with E-state index in [0.29, 0.717) is 19.6 Å². The molecular formula is C10H23N3O2S. The Hall–Kier alpha value is -0.170. The van der Waals surface area contributed by atoms with E-state index >= 15 is 0 Å². The molecule has 1 aliphatic heterocycles. The van der Waals surface area contributed by atoms with Crippen LogP contribution in [0, 0.1) is 0 Å². The number of nitrogens with zero attached hydrogens (tertiary/aromatic N) is 1. The average molecular weight is 249 g/mol. The molecule has 1 fully saturated rings. The molecule has 1 rings (SSSR count). The van der Waals surface area contributed by atoms with Gasteiger partial charge in [-0.2, -0.15) is 12.7 Å². The van der Waals surface area contributed by atoms with E-state index in [1.165, 1.54) is 4.31 Å². The highest BCUT2D eigenvalue weighted by molar-refractivity contribution is 7.87. The van der Waals surface area contributed by atoms with Gasteiger partial charge in [0, 0.05) is 19.6 Å². The van der Waals surface area contributed by atoms with Gasteiger partial charge in [-0.15, -0.1) is 0 Å². The Balaban J connectivity index is 2.11. The second kappa shape index (κ2) is 7.21. The highest BCUT2D eigenvalue weighted by Gasteiger charge is 2.24. The topological polar surface area (TPSA) is 75.4 Å². The zero-order valence-corrected chi connectivity index (χ0v) is 10.6. The maximum atomic E-state index is 11.7. The van der Waals surface area contributed by atoms with E-state index in [1.54, 1.807) is 0 Å². The predicted octanol–water partition coefficient (Wildman–Crippen LogP) is 0.436. The standard InChI is InChI=1S/C10H23N3O2S/c11-7-3-1-2-4-8-12-16(14,15)13-9-5-6-10-13/h12H,1-11H2. The van der Waals surface area contributed by atoms with Crippen molar-refractivity contribution in [2.75, 3.05) is 26.2 Å². The molecule has 1 aliphatic rings. The summed E-state index contributed by atoms with van der Waals surface area (Å²) < 4.78 is 27.6. The molecule has 0 aromatic heterocycles. The van der Waals surface area contributed by atoms with E-state index < -0.39 is 10.2 Å². The third-order valence-corrected chi connectivity index (χ3v) is 4.43. The molecule has 1 heterocycles. The van der Waals surface area contributed by atoms with Crippen LogP contribution in [0.2, 0.25) is 0 Å². The fourth-order valence-electron chi connectivity index (χ4n) is 1.84. The molecule has 5 nitrogen and oxygen atoms in total. The smallest absolute Gasteiger partial charge is 0.279 e. The zero-order chi connectivity index (χ0) is 11.9. The number of nitrogens with one attached hydrogen (secondary N) is 1. The summed E-state index contributed by atoms with van der Waals surface area (Å²) in [7, 11) is -3.19. The molecule has 3 N–H and O–H groups in total. The van der Waals surface area contributed by atoms with Crippen LogP contribution in [0.25, 0.3) is 0 Å². The number of rotatable bonds is 8. The SMILES string of the molecule is NCCCCCCNS(=O)(=O)N1CCCC1. The lowest BCUT2D eigenvalue weighted by Gasteiger charge is -2.15. The minimum absolute atomic E-state index is 0.545. The van der Waals surface area contributed by atoms with Gasteiger partial charge in [-0.1, -0.05) is 12.8 Å². The molecule has 96 valence electrons. The van der Waals surface area contributed by atoms with Crippen LogP contribution >= 0.6 is 0 Å². The normalized spacial score (nSPS) is 18.1. The molecule has 0 atom stereocenters. The first-order valence-electron chi connectivity index (χ1n) is 6.11. The quantitative estimate of drug-likeness (QED) is 0.613. The Morgan fingerprint density at radius 2 is 1.69 bits per heavy atom. The fourth-order valence-corrected chi connectivity index (χ4v) is 3.17. The Labute approximate surface area is 98.6 Å². The first-order chi connectivity index (χ1) is 7.67. The Morgan fingerprint density at radius 1 is 1.06 bits per heavy atom. The second-order valence-corrected chi connectivity index (χ2v) is 5.96. The number of nitrogens with two attached hydrogens (primary N) is 1. The maximum Gasteiger partial charge on any atom is 0.279 e. The van der Waals surface area contributed by atoms with Crippen LogP contribution in [0.1, 0.15) is 38.5 Å². The third-order valence-electron chi connectivity index (χ3n) is 2.82. The summed E-state index contributed by atoms with van der Waals surface area (Å²) in [5.41, 5.74) is 5.38. The van der Waals surface area contributed by atoms with Gasteiger partial charge in [0.2, 0.25) is 0 Å². The van der Waals surface area contributed by atoms with E-state index in [0.717, 1.165) is 45.1 Å². The molecule has 0 bridgehead atoms. The van der Waals surface area contributed by atoms with E-state index in [9.17, 15) is 8.42 Å². The van der Waals surface area contributed by atoms with Crippen molar-refractivity contribution in [3.05, 3.63) is 0 Å². The number of unbranched alkanes of at least 4 members (excludes halogenated alkanes) is 3. The molecule has 0 unspecified atom stereocenters. The molecule has 0 aromatic rings. The minimum Gasteiger partial charge on any atom is -0.330 e. The van der Waals surface area contributed by atoms with Gasteiger partial charge in [-0.3, -0.25) is 0 Å². The fraction of sp³-hybridized carbons (Fsp3) is 1.00. The molecule has 0 radical (unpaired) electrons. The summed E-state index contributed by atoms with van der Waals surface area (Å²) >= 11 is 0. The summed E-state index contributed by atoms with van der Waals surface area (Å²) in [6.07, 6.45) is 6.02. The van der Waals surface area contributed by atoms with Gasteiger partial charge >= 0.3 is 0 Å². The molecule has 0 amide bonds. The molecule has 6 heteroatoms. The molecule has 0 aromatic carbocycles. The maximum absolute atomic E-state index is 11.7. The van der Waals surface area contributed by atoms with Gasteiger partial charge in [-0.25, -0.2) is 4.72 Å². The van der Waals surface area contributed by atoms with Crippen LogP contribution in [0.15, 0.2) is 0 Å². The van der Waals surface area contributed by atoms with Gasteiger partial charge in [-0.05, 0) is 32.2 Å². The van der Waals surface area contributed by atoms with Crippen LogP contribution in [0.4, 0.5) is 0 Å². The van der Waals surface area contributed by atoms with Gasteiger partial charge in [0.1, 0.15) is 0 Å². The van der Waals surface area contributed by atoms with E-state index in [-0.39, 0.29) is 0 Å². The highest BCUT2D eigenvalue weighted by atomic mass is 32.2.